The summed E-state index contributed by atoms with van der Waals surface area (Å²) in [4.78, 5) is 8.70. The minimum absolute atomic E-state index is 0.542. The Labute approximate surface area is 124 Å². The van der Waals surface area contributed by atoms with Gasteiger partial charge in [0.1, 0.15) is 11.0 Å². The summed E-state index contributed by atoms with van der Waals surface area (Å²) < 4.78 is 0. The summed E-state index contributed by atoms with van der Waals surface area (Å²) in [5, 5.41) is 0.542. The van der Waals surface area contributed by atoms with Gasteiger partial charge in [0.2, 0.25) is 0 Å². The minimum atomic E-state index is 0.542. The largest absolute Gasteiger partial charge is 0.356 e. The van der Waals surface area contributed by atoms with Crippen LogP contribution in [-0.2, 0) is 0 Å². The van der Waals surface area contributed by atoms with Crippen molar-refractivity contribution in [1.82, 2.24) is 9.80 Å². The monoisotopic (exact) mass is 287 g/mol. The van der Waals surface area contributed by atoms with Crippen molar-refractivity contribution in [3.05, 3.63) is 24.0 Å². The fraction of sp³-hybridized carbons (Fsp3) is 0.667. The number of likely N-dealkylation sites (N-methyl/N-ethyl adjacent to an activating group) is 2. The number of allylic oxidation sites excluding steroid dienone is 2. The molecule has 0 aliphatic carbocycles. The third-order valence-electron chi connectivity index (χ3n) is 2.17. The van der Waals surface area contributed by atoms with E-state index in [0.717, 1.165) is 31.0 Å². The molecular weight excluding hydrogens is 258 g/mol. The maximum Gasteiger partial charge on any atom is 0.130 e. The number of nitrogens with zero attached hydrogens (tertiary/aromatic N) is 3. The molecule has 0 rings (SSSR count). The van der Waals surface area contributed by atoms with E-state index in [1.807, 2.05) is 26.8 Å². The average molecular weight is 288 g/mol. The van der Waals surface area contributed by atoms with Gasteiger partial charge in [-0.2, -0.15) is 0 Å². The first-order valence-corrected chi connectivity index (χ1v) is 7.22. The fourth-order valence-corrected chi connectivity index (χ4v) is 1.41. The lowest BCUT2D eigenvalue weighted by Gasteiger charge is -2.25. The molecule has 112 valence electrons. The summed E-state index contributed by atoms with van der Waals surface area (Å²) in [6.07, 6.45) is 1.96. The molecule has 0 saturated heterocycles. The molecule has 3 nitrogen and oxygen atoms in total. The Morgan fingerprint density at radius 1 is 1.21 bits per heavy atom. The molecule has 19 heavy (non-hydrogen) atoms. The molecule has 0 aromatic rings. The van der Waals surface area contributed by atoms with Gasteiger partial charge in [-0.25, -0.2) is 4.99 Å². The van der Waals surface area contributed by atoms with Gasteiger partial charge in [-0.3, -0.25) is 0 Å². The number of hydrogen-bond acceptors (Lipinski definition) is 3. The number of hydrogen-bond donors (Lipinski definition) is 0. The topological polar surface area (TPSA) is 18.8 Å². The molecule has 0 atom stereocenters. The van der Waals surface area contributed by atoms with Gasteiger partial charge >= 0.3 is 0 Å². The van der Waals surface area contributed by atoms with Crippen molar-refractivity contribution in [2.45, 2.75) is 34.6 Å². The second-order valence-corrected chi connectivity index (χ2v) is 4.89. The van der Waals surface area contributed by atoms with E-state index in [1.54, 1.807) is 6.92 Å². The highest BCUT2D eigenvalue weighted by atomic mass is 35.5. The van der Waals surface area contributed by atoms with Gasteiger partial charge in [0, 0.05) is 19.6 Å². The van der Waals surface area contributed by atoms with E-state index >= 15 is 0 Å². The summed E-state index contributed by atoms with van der Waals surface area (Å²) in [6, 6.07) is 0. The predicted molar refractivity (Wildman–Crippen MR) is 89.0 cm³/mol. The van der Waals surface area contributed by atoms with Crippen LogP contribution in [0.25, 0.3) is 0 Å². The second kappa shape index (κ2) is 12.2. The highest BCUT2D eigenvalue weighted by Gasteiger charge is 2.07. The Morgan fingerprint density at radius 2 is 1.74 bits per heavy atom. The molecule has 0 spiro atoms. The van der Waals surface area contributed by atoms with Crippen LogP contribution < -0.4 is 0 Å². The van der Waals surface area contributed by atoms with Crippen molar-refractivity contribution in [3.8, 4) is 0 Å². The van der Waals surface area contributed by atoms with Crippen molar-refractivity contribution in [1.29, 1.82) is 0 Å². The van der Waals surface area contributed by atoms with Crippen molar-refractivity contribution in [3.63, 3.8) is 0 Å². The first-order chi connectivity index (χ1) is 8.86. The van der Waals surface area contributed by atoms with E-state index < -0.39 is 0 Å². The molecule has 0 aliphatic heterocycles. The van der Waals surface area contributed by atoms with Crippen LogP contribution in [-0.4, -0.2) is 48.7 Å². The second-order valence-electron chi connectivity index (χ2n) is 4.34. The Kier molecular flexibility index (Phi) is 13.2. The fourth-order valence-electron chi connectivity index (χ4n) is 1.33. The normalized spacial score (nSPS) is 12.1. The third kappa shape index (κ3) is 12.0. The molecule has 0 bridgehead atoms. The molecule has 4 heteroatoms. The van der Waals surface area contributed by atoms with Crippen molar-refractivity contribution in [2.24, 2.45) is 4.99 Å². The first kappa shape index (κ1) is 20.5. The van der Waals surface area contributed by atoms with Crippen LogP contribution in [0.15, 0.2) is 29.0 Å². The molecule has 0 aliphatic rings. The summed E-state index contributed by atoms with van der Waals surface area (Å²) >= 11 is 5.86. The number of rotatable bonds is 7. The van der Waals surface area contributed by atoms with Gasteiger partial charge in [0.15, 0.2) is 0 Å². The Bertz CT molecular complexity index is 303. The van der Waals surface area contributed by atoms with Gasteiger partial charge in [0.25, 0.3) is 0 Å². The zero-order chi connectivity index (χ0) is 15.4. The molecule has 0 heterocycles. The number of halogens is 1. The van der Waals surface area contributed by atoms with Crippen molar-refractivity contribution >= 4 is 16.8 Å². The molecule has 0 saturated carbocycles. The summed E-state index contributed by atoms with van der Waals surface area (Å²) in [7, 11) is 4.12. The average Bonchev–Trinajstić information content (AvgIpc) is 2.30. The molecule has 0 radical (unpaired) electrons. The van der Waals surface area contributed by atoms with Crippen LogP contribution in [0.5, 0.6) is 0 Å². The lowest BCUT2D eigenvalue weighted by Crippen LogP contribution is -2.30. The van der Waals surface area contributed by atoms with E-state index in [0.29, 0.717) is 5.17 Å². The van der Waals surface area contributed by atoms with E-state index in [1.165, 1.54) is 0 Å². The summed E-state index contributed by atoms with van der Waals surface area (Å²) in [6.45, 7) is 16.6. The molecular formula is C15H30ClN3. The smallest absolute Gasteiger partial charge is 0.130 e. The molecule has 0 amide bonds. The zero-order valence-corrected chi connectivity index (χ0v) is 14.4. The summed E-state index contributed by atoms with van der Waals surface area (Å²) in [5.74, 6) is 0.884. The van der Waals surface area contributed by atoms with Crippen LogP contribution >= 0.6 is 11.6 Å². The Hall–Kier alpha value is -0.800. The van der Waals surface area contributed by atoms with Crippen LogP contribution in [0.2, 0.25) is 0 Å². The minimum Gasteiger partial charge on any atom is -0.356 e. The Morgan fingerprint density at radius 3 is 2.05 bits per heavy atom. The van der Waals surface area contributed by atoms with E-state index in [-0.39, 0.29) is 0 Å². The van der Waals surface area contributed by atoms with Gasteiger partial charge in [-0.05, 0) is 40.9 Å². The van der Waals surface area contributed by atoms with Crippen LogP contribution in [0.1, 0.15) is 34.6 Å². The first-order valence-electron chi connectivity index (χ1n) is 6.84. The number of aliphatic imine (C=N–C) groups is 1. The van der Waals surface area contributed by atoms with Crippen LogP contribution in [0.4, 0.5) is 0 Å². The standard InChI is InChI=1S/C13H24ClN3.C2H6/c1-7-17(9-8-16(5)6)13(10-11(2)3)15-12(4)14;1-2/h10H,2,7-9H2,1,3-6H3;1-2H3/b13-10+,15-12+;. The lowest BCUT2D eigenvalue weighted by molar-refractivity contribution is 0.297. The van der Waals surface area contributed by atoms with Crippen molar-refractivity contribution < 1.29 is 0 Å². The summed E-state index contributed by atoms with van der Waals surface area (Å²) in [5.41, 5.74) is 0.977. The van der Waals surface area contributed by atoms with Crippen molar-refractivity contribution in [2.75, 3.05) is 33.7 Å². The molecule has 0 aromatic heterocycles. The molecule has 0 aromatic carbocycles. The van der Waals surface area contributed by atoms with E-state index in [2.05, 4.69) is 42.4 Å². The van der Waals surface area contributed by atoms with E-state index in [9.17, 15) is 0 Å². The highest BCUT2D eigenvalue weighted by molar-refractivity contribution is 6.64. The molecule has 0 N–H and O–H groups in total. The van der Waals surface area contributed by atoms with Crippen LogP contribution in [0.3, 0.4) is 0 Å². The third-order valence-corrected chi connectivity index (χ3v) is 2.25. The zero-order valence-electron chi connectivity index (χ0n) is 13.6. The molecule has 0 unspecified atom stereocenters. The maximum absolute atomic E-state index is 5.86. The van der Waals surface area contributed by atoms with Gasteiger partial charge in [-0.1, -0.05) is 37.6 Å². The van der Waals surface area contributed by atoms with Gasteiger partial charge in [-0.15, -0.1) is 0 Å². The molecule has 0 fully saturated rings. The van der Waals surface area contributed by atoms with Crippen LogP contribution in [0, 0.1) is 0 Å². The quantitative estimate of drug-likeness (QED) is 0.521. The predicted octanol–water partition coefficient (Wildman–Crippen LogP) is 3.97. The van der Waals surface area contributed by atoms with E-state index in [4.69, 9.17) is 11.6 Å². The SMILES string of the molecule is C=C(C)/C=C(\N=C(/C)Cl)N(CC)CCN(C)C.CC. The van der Waals surface area contributed by atoms with Gasteiger partial charge < -0.3 is 9.80 Å². The highest BCUT2D eigenvalue weighted by Crippen LogP contribution is 2.10. The lowest BCUT2D eigenvalue weighted by atomic mass is 10.3. The maximum atomic E-state index is 5.86. The van der Waals surface area contributed by atoms with Gasteiger partial charge in [0.05, 0.1) is 0 Å². The Balaban J connectivity index is 0.